The van der Waals surface area contributed by atoms with Crippen molar-refractivity contribution < 1.29 is 14.3 Å². The highest BCUT2D eigenvalue weighted by Gasteiger charge is 2.28. The molecule has 5 nitrogen and oxygen atoms in total. The highest BCUT2D eigenvalue weighted by molar-refractivity contribution is 5.78. The lowest BCUT2D eigenvalue weighted by Gasteiger charge is -2.38. The van der Waals surface area contributed by atoms with Crippen LogP contribution in [0.3, 0.4) is 0 Å². The molecule has 0 spiro atoms. The number of carbonyl (C=O) groups is 1. The van der Waals surface area contributed by atoms with Crippen LogP contribution in [-0.2, 0) is 14.3 Å². The van der Waals surface area contributed by atoms with Crippen LogP contribution in [0, 0.1) is 0 Å². The Morgan fingerprint density at radius 1 is 1.17 bits per heavy atom. The Balaban J connectivity index is 1.85. The maximum absolute atomic E-state index is 12.3. The first-order valence-electron chi connectivity index (χ1n) is 6.81. The summed E-state index contributed by atoms with van der Waals surface area (Å²) in [6.07, 6.45) is 0.376. The van der Waals surface area contributed by atoms with E-state index in [1.807, 2.05) is 11.8 Å². The molecule has 2 fully saturated rings. The molecule has 1 amide bonds. The van der Waals surface area contributed by atoms with Gasteiger partial charge in [-0.15, -0.1) is 0 Å². The van der Waals surface area contributed by atoms with Gasteiger partial charge in [0.15, 0.2) is 0 Å². The predicted molar refractivity (Wildman–Crippen MR) is 68.4 cm³/mol. The zero-order valence-electron chi connectivity index (χ0n) is 11.6. The summed E-state index contributed by atoms with van der Waals surface area (Å²) in [7, 11) is 0. The van der Waals surface area contributed by atoms with Crippen molar-refractivity contribution in [2.24, 2.45) is 0 Å². The summed E-state index contributed by atoms with van der Waals surface area (Å²) in [4.78, 5) is 16.4. The first-order valence-corrected chi connectivity index (χ1v) is 6.81. The normalized spacial score (nSPS) is 34.6. The van der Waals surface area contributed by atoms with Crippen LogP contribution in [0.4, 0.5) is 0 Å². The van der Waals surface area contributed by atoms with E-state index in [1.54, 1.807) is 0 Å². The van der Waals surface area contributed by atoms with Gasteiger partial charge in [-0.05, 0) is 20.8 Å². The second kappa shape index (κ2) is 5.99. The monoisotopic (exact) mass is 256 g/mol. The maximum Gasteiger partial charge on any atom is 0.236 e. The van der Waals surface area contributed by atoms with Crippen molar-refractivity contribution in [1.29, 1.82) is 0 Å². The van der Waals surface area contributed by atoms with E-state index in [2.05, 4.69) is 18.7 Å². The summed E-state index contributed by atoms with van der Waals surface area (Å²) in [6.45, 7) is 10.3. The van der Waals surface area contributed by atoms with E-state index in [1.165, 1.54) is 0 Å². The third-order valence-corrected chi connectivity index (χ3v) is 3.67. The van der Waals surface area contributed by atoms with Crippen LogP contribution in [-0.4, -0.2) is 73.3 Å². The summed E-state index contributed by atoms with van der Waals surface area (Å²) in [6, 6.07) is 0.323. The number of hydrogen-bond donors (Lipinski definition) is 0. The third kappa shape index (κ3) is 3.43. The van der Waals surface area contributed by atoms with E-state index in [0.29, 0.717) is 32.3 Å². The van der Waals surface area contributed by atoms with Crippen molar-refractivity contribution in [1.82, 2.24) is 9.80 Å². The molecule has 0 aliphatic carbocycles. The zero-order valence-corrected chi connectivity index (χ0v) is 11.6. The Bertz CT molecular complexity index is 298. The molecule has 0 aromatic heterocycles. The number of hydrogen-bond acceptors (Lipinski definition) is 4. The second-order valence-electron chi connectivity index (χ2n) is 5.44. The fourth-order valence-corrected chi connectivity index (χ4v) is 2.51. The van der Waals surface area contributed by atoms with Gasteiger partial charge in [0.05, 0.1) is 32.0 Å². The lowest BCUT2D eigenvalue weighted by Crippen LogP contribution is -2.53. The first-order chi connectivity index (χ1) is 8.56. The van der Waals surface area contributed by atoms with Gasteiger partial charge in [0.25, 0.3) is 0 Å². The molecule has 2 aliphatic heterocycles. The molecular weight excluding hydrogens is 232 g/mol. The molecule has 0 radical (unpaired) electrons. The van der Waals surface area contributed by atoms with Gasteiger partial charge in [-0.2, -0.15) is 0 Å². The summed E-state index contributed by atoms with van der Waals surface area (Å²) < 4.78 is 11.0. The maximum atomic E-state index is 12.3. The van der Waals surface area contributed by atoms with Crippen LogP contribution in [0.2, 0.25) is 0 Å². The van der Waals surface area contributed by atoms with E-state index in [4.69, 9.17) is 9.47 Å². The van der Waals surface area contributed by atoms with Crippen molar-refractivity contribution in [2.75, 3.05) is 39.4 Å². The summed E-state index contributed by atoms with van der Waals surface area (Å²) in [5, 5.41) is 0. The van der Waals surface area contributed by atoms with E-state index < -0.39 is 0 Å². The van der Waals surface area contributed by atoms with Gasteiger partial charge in [0.1, 0.15) is 0 Å². The van der Waals surface area contributed by atoms with Gasteiger partial charge in [0, 0.05) is 25.7 Å². The Morgan fingerprint density at radius 2 is 1.89 bits per heavy atom. The Labute approximate surface area is 109 Å². The van der Waals surface area contributed by atoms with Crippen molar-refractivity contribution in [2.45, 2.75) is 39.0 Å². The van der Waals surface area contributed by atoms with Crippen LogP contribution >= 0.6 is 0 Å². The highest BCUT2D eigenvalue weighted by atomic mass is 16.5. The largest absolute Gasteiger partial charge is 0.376 e. The average Bonchev–Trinajstić information content (AvgIpc) is 2.34. The topological polar surface area (TPSA) is 42.0 Å². The molecule has 0 unspecified atom stereocenters. The molecule has 0 aromatic carbocycles. The van der Waals surface area contributed by atoms with E-state index in [9.17, 15) is 4.79 Å². The SMILES string of the molecule is C[C@@H]1CN(C(=O)CN2C[C@@H](C)OC[C@H]2C)CCO1. The number of ether oxygens (including phenoxy) is 2. The number of carbonyl (C=O) groups excluding carboxylic acids is 1. The minimum Gasteiger partial charge on any atom is -0.376 e. The van der Waals surface area contributed by atoms with Crippen molar-refractivity contribution in [3.05, 3.63) is 0 Å². The Kier molecular flexibility index (Phi) is 4.59. The fraction of sp³-hybridized carbons (Fsp3) is 0.923. The summed E-state index contributed by atoms with van der Waals surface area (Å²) in [5.41, 5.74) is 0. The van der Waals surface area contributed by atoms with Gasteiger partial charge in [-0.1, -0.05) is 0 Å². The van der Waals surface area contributed by atoms with E-state index >= 15 is 0 Å². The van der Waals surface area contributed by atoms with Gasteiger partial charge in [-0.25, -0.2) is 0 Å². The molecule has 5 heteroatoms. The standard InChI is InChI=1S/C13H24N2O3/c1-10-9-18-12(3)7-15(10)8-13(16)14-4-5-17-11(2)6-14/h10-12H,4-9H2,1-3H3/t10-,11-,12-/m1/s1. The lowest BCUT2D eigenvalue weighted by molar-refractivity contribution is -0.142. The molecule has 0 bridgehead atoms. The van der Waals surface area contributed by atoms with Crippen LogP contribution in [0.5, 0.6) is 0 Å². The van der Waals surface area contributed by atoms with Gasteiger partial charge in [-0.3, -0.25) is 9.69 Å². The van der Waals surface area contributed by atoms with Crippen LogP contribution in [0.1, 0.15) is 20.8 Å². The quantitative estimate of drug-likeness (QED) is 0.714. The molecule has 0 saturated carbocycles. The smallest absolute Gasteiger partial charge is 0.236 e. The molecule has 0 N–H and O–H groups in total. The van der Waals surface area contributed by atoms with Gasteiger partial charge < -0.3 is 14.4 Å². The number of rotatable bonds is 2. The molecule has 2 aliphatic rings. The molecule has 0 aromatic rings. The van der Waals surface area contributed by atoms with Crippen molar-refractivity contribution in [3.63, 3.8) is 0 Å². The van der Waals surface area contributed by atoms with Crippen LogP contribution < -0.4 is 0 Å². The Hall–Kier alpha value is -0.650. The molecule has 2 rings (SSSR count). The van der Waals surface area contributed by atoms with Gasteiger partial charge in [0.2, 0.25) is 5.91 Å². The first kappa shape index (κ1) is 13.8. The third-order valence-electron chi connectivity index (χ3n) is 3.67. The van der Waals surface area contributed by atoms with E-state index in [-0.39, 0.29) is 18.1 Å². The summed E-state index contributed by atoms with van der Waals surface area (Å²) >= 11 is 0. The Morgan fingerprint density at radius 3 is 2.61 bits per heavy atom. The predicted octanol–water partition coefficient (Wildman–Crippen LogP) is 0.343. The minimum atomic E-state index is 0.156. The van der Waals surface area contributed by atoms with E-state index in [0.717, 1.165) is 13.1 Å². The number of morpholine rings is 2. The van der Waals surface area contributed by atoms with Crippen LogP contribution in [0.15, 0.2) is 0 Å². The fourth-order valence-electron chi connectivity index (χ4n) is 2.51. The average molecular weight is 256 g/mol. The second-order valence-corrected chi connectivity index (χ2v) is 5.44. The molecule has 2 saturated heterocycles. The zero-order chi connectivity index (χ0) is 13.1. The molecule has 2 heterocycles. The highest BCUT2D eigenvalue weighted by Crippen LogP contribution is 2.12. The van der Waals surface area contributed by atoms with Crippen LogP contribution in [0.25, 0.3) is 0 Å². The summed E-state index contributed by atoms with van der Waals surface area (Å²) in [5.74, 6) is 0.214. The number of nitrogens with zero attached hydrogens (tertiary/aromatic N) is 2. The minimum absolute atomic E-state index is 0.156. The molecule has 18 heavy (non-hydrogen) atoms. The molecular formula is C13H24N2O3. The van der Waals surface area contributed by atoms with Crippen molar-refractivity contribution >= 4 is 5.91 Å². The molecule has 3 atom stereocenters. The number of amides is 1. The van der Waals surface area contributed by atoms with Gasteiger partial charge >= 0.3 is 0 Å². The lowest BCUT2D eigenvalue weighted by atomic mass is 10.2. The van der Waals surface area contributed by atoms with Crippen molar-refractivity contribution in [3.8, 4) is 0 Å². The molecule has 104 valence electrons.